The van der Waals surface area contributed by atoms with Gasteiger partial charge in [0.15, 0.2) is 9.84 Å². The van der Waals surface area contributed by atoms with E-state index in [-0.39, 0.29) is 16.3 Å². The molecule has 0 aliphatic heterocycles. The summed E-state index contributed by atoms with van der Waals surface area (Å²) in [7, 11) is -3.41. The second kappa shape index (κ2) is 5.59. The molecule has 0 saturated heterocycles. The number of nitrogens with zero attached hydrogens (tertiary/aromatic N) is 1. The molecule has 0 radical (unpaired) electrons. The molecule has 0 spiro atoms. The van der Waals surface area contributed by atoms with Crippen molar-refractivity contribution in [2.24, 2.45) is 0 Å². The molecule has 2 aromatic rings. The van der Waals surface area contributed by atoms with E-state index in [9.17, 15) is 8.42 Å². The van der Waals surface area contributed by atoms with Crippen LogP contribution in [0.3, 0.4) is 0 Å². The average molecular weight is 297 g/mol. The number of nitrogen functional groups attached to an aromatic ring is 1. The van der Waals surface area contributed by atoms with Crippen LogP contribution in [0.2, 0.25) is 5.02 Å². The maximum Gasteiger partial charge on any atom is 0.180 e. The zero-order chi connectivity index (χ0) is 13.9. The maximum atomic E-state index is 12.2. The third-order valence-corrected chi connectivity index (χ3v) is 4.73. The first kappa shape index (κ1) is 13.8. The Labute approximate surface area is 117 Å². The molecule has 19 heavy (non-hydrogen) atoms. The number of sulfone groups is 1. The molecule has 1 aromatic carbocycles. The summed E-state index contributed by atoms with van der Waals surface area (Å²) in [5, 5.41) is 0.422. The fraction of sp³-hybridized carbons (Fsp3) is 0.154. The molecule has 0 amide bonds. The smallest absolute Gasteiger partial charge is 0.180 e. The van der Waals surface area contributed by atoms with Gasteiger partial charge in [0.05, 0.1) is 16.3 Å². The van der Waals surface area contributed by atoms with Crippen molar-refractivity contribution in [3.63, 3.8) is 0 Å². The molecule has 0 unspecified atom stereocenters. The lowest BCUT2D eigenvalue weighted by Gasteiger charge is -2.07. The second-order valence-corrected chi connectivity index (χ2v) is 6.62. The van der Waals surface area contributed by atoms with E-state index < -0.39 is 9.84 Å². The highest BCUT2D eigenvalue weighted by molar-refractivity contribution is 7.91. The van der Waals surface area contributed by atoms with E-state index >= 15 is 0 Å². The van der Waals surface area contributed by atoms with Crippen LogP contribution in [0.25, 0.3) is 0 Å². The van der Waals surface area contributed by atoms with Gasteiger partial charge in [-0.2, -0.15) is 0 Å². The number of aromatic nitrogens is 1. The average Bonchev–Trinajstić information content (AvgIpc) is 2.37. The van der Waals surface area contributed by atoms with Crippen LogP contribution in [0.5, 0.6) is 0 Å². The van der Waals surface area contributed by atoms with Gasteiger partial charge in [-0.3, -0.25) is 4.98 Å². The highest BCUT2D eigenvalue weighted by Crippen LogP contribution is 2.23. The number of hydrogen-bond donors (Lipinski definition) is 1. The van der Waals surface area contributed by atoms with Crippen molar-refractivity contribution in [3.8, 4) is 0 Å². The van der Waals surface area contributed by atoms with Gasteiger partial charge in [0.2, 0.25) is 0 Å². The largest absolute Gasteiger partial charge is 0.398 e. The van der Waals surface area contributed by atoms with Crippen LogP contribution >= 0.6 is 11.6 Å². The monoisotopic (exact) mass is 296 g/mol. The second-order valence-electron chi connectivity index (χ2n) is 4.11. The van der Waals surface area contributed by atoms with Crippen LogP contribution in [0.1, 0.15) is 5.56 Å². The first-order valence-electron chi connectivity index (χ1n) is 5.66. The first-order valence-corrected chi connectivity index (χ1v) is 7.69. The fourth-order valence-electron chi connectivity index (χ4n) is 1.71. The van der Waals surface area contributed by atoms with Crippen molar-refractivity contribution in [2.75, 3.05) is 11.5 Å². The molecule has 0 aliphatic rings. The van der Waals surface area contributed by atoms with Gasteiger partial charge in [0.25, 0.3) is 0 Å². The van der Waals surface area contributed by atoms with E-state index in [1.807, 2.05) is 0 Å². The van der Waals surface area contributed by atoms with Crippen molar-refractivity contribution >= 4 is 27.1 Å². The molecule has 0 bridgehead atoms. The molecule has 2 rings (SSSR count). The number of pyridine rings is 1. The number of anilines is 1. The molecule has 6 heteroatoms. The molecule has 0 fully saturated rings. The molecule has 4 nitrogen and oxygen atoms in total. The van der Waals surface area contributed by atoms with Crippen molar-refractivity contribution < 1.29 is 8.42 Å². The number of halogens is 1. The quantitative estimate of drug-likeness (QED) is 0.879. The van der Waals surface area contributed by atoms with E-state index in [4.69, 9.17) is 17.3 Å². The Kier molecular flexibility index (Phi) is 4.07. The van der Waals surface area contributed by atoms with Crippen LogP contribution < -0.4 is 5.73 Å². The van der Waals surface area contributed by atoms with Crippen LogP contribution in [0.4, 0.5) is 5.69 Å². The zero-order valence-corrected chi connectivity index (χ0v) is 11.7. The number of rotatable bonds is 4. The summed E-state index contributed by atoms with van der Waals surface area (Å²) in [6.45, 7) is 0. The Morgan fingerprint density at radius 2 is 1.84 bits per heavy atom. The zero-order valence-electron chi connectivity index (χ0n) is 10.1. The predicted octanol–water partition coefficient (Wildman–Crippen LogP) is 2.33. The van der Waals surface area contributed by atoms with E-state index in [2.05, 4.69) is 4.98 Å². The lowest BCUT2D eigenvalue weighted by molar-refractivity contribution is 0.595. The van der Waals surface area contributed by atoms with E-state index in [1.54, 1.807) is 24.5 Å². The fourth-order valence-corrected chi connectivity index (χ4v) is 3.31. The number of aryl methyl sites for hydroxylation is 1. The normalized spacial score (nSPS) is 11.4. The standard InChI is InChI=1S/C13H13ClN2O2S/c14-11-1-2-13(12(15)9-11)19(17,18)8-5-10-3-6-16-7-4-10/h1-4,6-7,9H,5,8,15H2. The van der Waals surface area contributed by atoms with Crippen molar-refractivity contribution in [1.29, 1.82) is 0 Å². The van der Waals surface area contributed by atoms with Gasteiger partial charge >= 0.3 is 0 Å². The van der Waals surface area contributed by atoms with Crippen LogP contribution in [0, 0.1) is 0 Å². The lowest BCUT2D eigenvalue weighted by atomic mass is 10.2. The molecule has 0 aliphatic carbocycles. The van der Waals surface area contributed by atoms with Gasteiger partial charge in [-0.25, -0.2) is 8.42 Å². The lowest BCUT2D eigenvalue weighted by Crippen LogP contribution is -2.11. The summed E-state index contributed by atoms with van der Waals surface area (Å²) >= 11 is 5.76. The van der Waals surface area contributed by atoms with Crippen LogP contribution in [-0.4, -0.2) is 19.2 Å². The number of benzene rings is 1. The van der Waals surface area contributed by atoms with E-state index in [0.717, 1.165) is 5.56 Å². The highest BCUT2D eigenvalue weighted by Gasteiger charge is 2.17. The summed E-state index contributed by atoms with van der Waals surface area (Å²) in [5.41, 5.74) is 6.81. The summed E-state index contributed by atoms with van der Waals surface area (Å²) in [5.74, 6) is 0.00282. The third kappa shape index (κ3) is 3.45. The molecule has 100 valence electrons. The molecule has 1 heterocycles. The molecule has 0 atom stereocenters. The maximum absolute atomic E-state index is 12.2. The third-order valence-electron chi connectivity index (χ3n) is 2.72. The van der Waals surface area contributed by atoms with Gasteiger partial charge < -0.3 is 5.73 Å². The summed E-state index contributed by atoms with van der Waals surface area (Å²) in [6.07, 6.45) is 3.70. The van der Waals surface area contributed by atoms with Gasteiger partial charge in [0.1, 0.15) is 0 Å². The minimum Gasteiger partial charge on any atom is -0.398 e. The first-order chi connectivity index (χ1) is 8.99. The minimum atomic E-state index is -3.41. The molecule has 2 N–H and O–H groups in total. The molecular weight excluding hydrogens is 284 g/mol. The van der Waals surface area contributed by atoms with Crippen molar-refractivity contribution in [3.05, 3.63) is 53.3 Å². The van der Waals surface area contributed by atoms with E-state index in [0.29, 0.717) is 11.4 Å². The van der Waals surface area contributed by atoms with Crippen LogP contribution in [0.15, 0.2) is 47.6 Å². The highest BCUT2D eigenvalue weighted by atomic mass is 35.5. The Morgan fingerprint density at radius 3 is 2.47 bits per heavy atom. The van der Waals surface area contributed by atoms with E-state index in [1.165, 1.54) is 18.2 Å². The SMILES string of the molecule is Nc1cc(Cl)ccc1S(=O)(=O)CCc1ccncc1. The summed E-state index contributed by atoms with van der Waals surface area (Å²) in [6, 6.07) is 8.00. The van der Waals surface area contributed by atoms with Gasteiger partial charge in [-0.05, 0) is 42.3 Å². The summed E-state index contributed by atoms with van der Waals surface area (Å²) < 4.78 is 24.4. The van der Waals surface area contributed by atoms with Crippen molar-refractivity contribution in [2.45, 2.75) is 11.3 Å². The van der Waals surface area contributed by atoms with Gasteiger partial charge in [-0.1, -0.05) is 11.6 Å². The van der Waals surface area contributed by atoms with Gasteiger partial charge in [0, 0.05) is 17.4 Å². The molecular formula is C13H13ClN2O2S. The Balaban J connectivity index is 2.19. The minimum absolute atomic E-state index is 0.00282. The number of hydrogen-bond acceptors (Lipinski definition) is 4. The topological polar surface area (TPSA) is 73.1 Å². The van der Waals surface area contributed by atoms with Crippen molar-refractivity contribution in [1.82, 2.24) is 4.98 Å². The summed E-state index contributed by atoms with van der Waals surface area (Å²) in [4.78, 5) is 4.02. The Hall–Kier alpha value is -1.59. The molecule has 0 saturated carbocycles. The Bertz CT molecular complexity index is 672. The number of nitrogens with two attached hydrogens (primary N) is 1. The molecule has 1 aromatic heterocycles. The van der Waals surface area contributed by atoms with Gasteiger partial charge in [-0.15, -0.1) is 0 Å². The Morgan fingerprint density at radius 1 is 1.16 bits per heavy atom. The predicted molar refractivity (Wildman–Crippen MR) is 75.9 cm³/mol. The van der Waals surface area contributed by atoms with Crippen LogP contribution in [-0.2, 0) is 16.3 Å².